The third kappa shape index (κ3) is 3.69. The normalized spacial score (nSPS) is 39.1. The Kier molecular flexibility index (Phi) is 6.11. The number of fused-ring (bicyclic) bond motifs is 9. The Morgan fingerprint density at radius 1 is 1.19 bits per heavy atom. The molecule has 5 aliphatic rings. The smallest absolute Gasteiger partial charge is 0.246 e. The molecule has 1 saturated heterocycles. The molecule has 3 unspecified atom stereocenters. The maximum atomic E-state index is 13.5. The van der Waals surface area contributed by atoms with Crippen LogP contribution in [0.1, 0.15) is 72.1 Å². The van der Waals surface area contributed by atoms with E-state index in [4.69, 9.17) is 14.2 Å². The van der Waals surface area contributed by atoms with Crippen molar-refractivity contribution >= 4 is 22.6 Å². The minimum Gasteiger partial charge on any atom is -0.396 e. The molecule has 9 heteroatoms. The number of ketones is 1. The summed E-state index contributed by atoms with van der Waals surface area (Å²) >= 11 is 0. The topological polar surface area (TPSA) is 130 Å². The van der Waals surface area contributed by atoms with Crippen molar-refractivity contribution in [2.45, 2.75) is 102 Å². The first-order chi connectivity index (χ1) is 20.1. The lowest BCUT2D eigenvalue weighted by Gasteiger charge is -2.67. The first kappa shape index (κ1) is 29.2. The van der Waals surface area contributed by atoms with Crippen LogP contribution in [-0.2, 0) is 35.6 Å². The van der Waals surface area contributed by atoms with E-state index in [0.29, 0.717) is 31.4 Å². The third-order valence-corrected chi connectivity index (χ3v) is 11.8. The van der Waals surface area contributed by atoms with Gasteiger partial charge in [-0.25, -0.2) is 0 Å². The van der Waals surface area contributed by atoms with Gasteiger partial charge in [-0.1, -0.05) is 45.9 Å². The van der Waals surface area contributed by atoms with Crippen molar-refractivity contribution < 1.29 is 34.0 Å². The Morgan fingerprint density at radius 3 is 2.67 bits per heavy atom. The summed E-state index contributed by atoms with van der Waals surface area (Å²) in [5.74, 6) is -1.65. The number of nitrogens with one attached hydrogen (secondary N) is 2. The average Bonchev–Trinajstić information content (AvgIpc) is 3.55. The van der Waals surface area contributed by atoms with Gasteiger partial charge in [0.25, 0.3) is 0 Å². The number of rotatable bonds is 6. The summed E-state index contributed by atoms with van der Waals surface area (Å²) in [7, 11) is 0. The molecular weight excluding hydrogens is 548 g/mol. The molecule has 2 aliphatic heterocycles. The quantitative estimate of drug-likeness (QED) is 0.404. The molecular formula is C34H44N2O7. The average molecular weight is 593 g/mol. The van der Waals surface area contributed by atoms with Crippen LogP contribution in [0.4, 0.5) is 0 Å². The number of H-pyrrole nitrogens is 1. The standard InChI is InChI=1S/C34H44N2O7/c1-29(2,18-37)17-35-26(39)16-41-25-14-19-13-21-20-9-7-8-10-22(20)36-27(21)32(19,6)31(5)11-12-33-24(34(25,31)40)15-23(38)28(42-33)30(3,4)43-33/h7-10,15,19,25,28,36-37,40H,11-14,16-18H2,1-6H3,(H,35,39)/t19-,25+,28?,31?,32-,33?,34+/m1/s1. The van der Waals surface area contributed by atoms with Gasteiger partial charge in [-0.15, -0.1) is 0 Å². The summed E-state index contributed by atoms with van der Waals surface area (Å²) in [5, 5.41) is 27.0. The second-order valence-electron chi connectivity index (χ2n) is 15.3. The predicted molar refractivity (Wildman–Crippen MR) is 159 cm³/mol. The molecule has 1 aromatic heterocycles. The zero-order valence-corrected chi connectivity index (χ0v) is 26.0. The Labute approximate surface area is 252 Å². The molecule has 2 bridgehead atoms. The van der Waals surface area contributed by atoms with Crippen molar-refractivity contribution in [3.05, 3.63) is 47.2 Å². The molecule has 43 heavy (non-hydrogen) atoms. The highest BCUT2D eigenvalue weighted by Gasteiger charge is 2.78. The molecule has 1 amide bonds. The molecule has 232 valence electrons. The van der Waals surface area contributed by atoms with Crippen LogP contribution in [-0.4, -0.2) is 75.8 Å². The molecule has 4 N–H and O–H groups in total. The van der Waals surface area contributed by atoms with Crippen LogP contribution in [0.15, 0.2) is 35.9 Å². The summed E-state index contributed by atoms with van der Waals surface area (Å²) in [6, 6.07) is 8.32. The number of aromatic amines is 1. The third-order valence-electron chi connectivity index (χ3n) is 11.8. The van der Waals surface area contributed by atoms with Crippen LogP contribution in [0, 0.1) is 16.7 Å². The Morgan fingerprint density at radius 2 is 1.93 bits per heavy atom. The van der Waals surface area contributed by atoms with Gasteiger partial charge in [0.1, 0.15) is 17.8 Å². The van der Waals surface area contributed by atoms with Crippen molar-refractivity contribution in [1.82, 2.24) is 10.3 Å². The van der Waals surface area contributed by atoms with Gasteiger partial charge in [0.15, 0.2) is 17.7 Å². The second-order valence-corrected chi connectivity index (χ2v) is 15.3. The minimum atomic E-state index is -1.67. The number of aliphatic hydroxyl groups is 2. The van der Waals surface area contributed by atoms with Crippen molar-refractivity contribution in [3.63, 3.8) is 0 Å². The number of aromatic nitrogens is 1. The molecule has 7 rings (SSSR count). The molecule has 3 fully saturated rings. The number of aliphatic hydroxyl groups excluding tert-OH is 1. The number of hydrogen-bond donors (Lipinski definition) is 4. The van der Waals surface area contributed by atoms with Crippen molar-refractivity contribution in [2.24, 2.45) is 16.7 Å². The highest BCUT2D eigenvalue weighted by atomic mass is 16.8. The monoisotopic (exact) mass is 592 g/mol. The molecule has 1 aromatic carbocycles. The van der Waals surface area contributed by atoms with Crippen LogP contribution >= 0.6 is 0 Å². The summed E-state index contributed by atoms with van der Waals surface area (Å²) in [5.41, 5.74) is -0.384. The van der Waals surface area contributed by atoms with E-state index in [9.17, 15) is 19.8 Å². The predicted octanol–water partition coefficient (Wildman–Crippen LogP) is 3.45. The molecule has 3 heterocycles. The van der Waals surface area contributed by atoms with Gasteiger partial charge in [-0.2, -0.15) is 0 Å². The van der Waals surface area contributed by atoms with Crippen LogP contribution in [0.5, 0.6) is 0 Å². The van der Waals surface area contributed by atoms with E-state index in [-0.39, 0.29) is 30.8 Å². The molecule has 3 aliphatic carbocycles. The fourth-order valence-electron chi connectivity index (χ4n) is 9.21. The lowest BCUT2D eigenvalue weighted by atomic mass is 9.41. The van der Waals surface area contributed by atoms with Crippen molar-refractivity contribution in [3.8, 4) is 0 Å². The van der Waals surface area contributed by atoms with E-state index in [1.807, 2.05) is 33.8 Å². The van der Waals surface area contributed by atoms with Gasteiger partial charge >= 0.3 is 0 Å². The Bertz CT molecular complexity index is 1560. The van der Waals surface area contributed by atoms with E-state index in [1.54, 1.807) is 6.08 Å². The number of hydrogen-bond acceptors (Lipinski definition) is 7. The van der Waals surface area contributed by atoms with Crippen LogP contribution in [0.2, 0.25) is 0 Å². The molecule has 2 aromatic rings. The minimum absolute atomic E-state index is 0.0639. The van der Waals surface area contributed by atoms with E-state index in [1.165, 1.54) is 10.9 Å². The van der Waals surface area contributed by atoms with E-state index in [2.05, 4.69) is 42.3 Å². The zero-order valence-electron chi connectivity index (χ0n) is 26.0. The van der Waals surface area contributed by atoms with Gasteiger partial charge < -0.3 is 34.7 Å². The lowest BCUT2D eigenvalue weighted by molar-refractivity contribution is -0.279. The van der Waals surface area contributed by atoms with Gasteiger partial charge in [0, 0.05) is 58.0 Å². The fraction of sp³-hybridized carbons (Fsp3) is 0.647. The Hall–Kier alpha value is -2.56. The van der Waals surface area contributed by atoms with Gasteiger partial charge in [-0.05, 0) is 56.7 Å². The Balaban J connectivity index is 1.32. The first-order valence-electron chi connectivity index (χ1n) is 15.6. The number of para-hydroxylation sites is 1. The summed E-state index contributed by atoms with van der Waals surface area (Å²) in [6.45, 7) is 11.8. The number of carbonyl (C=O) groups is 2. The van der Waals surface area contributed by atoms with Gasteiger partial charge in [0.2, 0.25) is 5.91 Å². The number of carbonyl (C=O) groups excluding carboxylic acids is 2. The van der Waals surface area contributed by atoms with Crippen molar-refractivity contribution in [2.75, 3.05) is 19.8 Å². The number of benzene rings is 1. The molecule has 2 saturated carbocycles. The maximum absolute atomic E-state index is 13.5. The summed E-state index contributed by atoms with van der Waals surface area (Å²) in [4.78, 5) is 30.2. The lowest BCUT2D eigenvalue weighted by Crippen LogP contribution is -2.75. The maximum Gasteiger partial charge on any atom is 0.246 e. The van der Waals surface area contributed by atoms with Crippen LogP contribution < -0.4 is 5.32 Å². The molecule has 7 atom stereocenters. The van der Waals surface area contributed by atoms with Gasteiger partial charge in [-0.3, -0.25) is 9.59 Å². The number of amides is 1. The summed E-state index contributed by atoms with van der Waals surface area (Å²) in [6.07, 6.45) is 2.40. The second kappa shape index (κ2) is 9.01. The van der Waals surface area contributed by atoms with Crippen molar-refractivity contribution in [1.29, 1.82) is 0 Å². The summed E-state index contributed by atoms with van der Waals surface area (Å²) < 4.78 is 19.5. The van der Waals surface area contributed by atoms with E-state index >= 15 is 0 Å². The molecule has 9 nitrogen and oxygen atoms in total. The largest absolute Gasteiger partial charge is 0.396 e. The number of ether oxygens (including phenoxy) is 3. The van der Waals surface area contributed by atoms with Crippen LogP contribution in [0.3, 0.4) is 0 Å². The SMILES string of the molecule is CC(C)(CO)CNC(=O)CO[C@H]1C[C@H]2Cc3c([nH]c4ccccc34)[C@]2(C)C2(C)CCC34OC(C(=O)C=C3[C@]12O)C(C)(C)O4. The van der Waals surface area contributed by atoms with Crippen LogP contribution in [0.25, 0.3) is 10.9 Å². The molecule has 1 spiro atoms. The van der Waals surface area contributed by atoms with Gasteiger partial charge in [0.05, 0.1) is 6.10 Å². The van der Waals surface area contributed by atoms with E-state index in [0.717, 1.165) is 17.6 Å². The highest BCUT2D eigenvalue weighted by Crippen LogP contribution is 2.72. The first-order valence-corrected chi connectivity index (χ1v) is 15.6. The molecule has 0 radical (unpaired) electrons. The van der Waals surface area contributed by atoms with E-state index < -0.39 is 45.4 Å². The highest BCUT2D eigenvalue weighted by molar-refractivity contribution is 5.97. The zero-order chi connectivity index (χ0) is 30.8. The fourth-order valence-corrected chi connectivity index (χ4v) is 9.21.